The predicted octanol–water partition coefficient (Wildman–Crippen LogP) is 2.94. The lowest BCUT2D eigenvalue weighted by atomic mass is 10.1. The predicted molar refractivity (Wildman–Crippen MR) is 71.0 cm³/mol. The topological polar surface area (TPSA) is 52.3 Å². The largest absolute Gasteiger partial charge is 0.462 e. The zero-order valence-electron chi connectivity index (χ0n) is 11.2. The maximum Gasteiger partial charge on any atom is 0.343 e. The lowest BCUT2D eigenvalue weighted by Crippen LogP contribution is -2.08. The van der Waals surface area contributed by atoms with Crippen LogP contribution in [0.1, 0.15) is 34.3 Å². The van der Waals surface area contributed by atoms with Gasteiger partial charge in [-0.1, -0.05) is 35.5 Å². The van der Waals surface area contributed by atoms with Crippen LogP contribution in [-0.4, -0.2) is 17.7 Å². The number of hydrogen-bond acceptors (Lipinski definition) is 4. The number of benzene rings is 1. The molecule has 0 atom stereocenters. The molecule has 0 spiro atoms. The molecule has 0 N–H and O–H groups in total. The molecule has 0 saturated carbocycles. The molecule has 4 heteroatoms. The van der Waals surface area contributed by atoms with Crippen LogP contribution in [-0.2, 0) is 17.6 Å². The minimum absolute atomic E-state index is 0.349. The van der Waals surface area contributed by atoms with Crippen molar-refractivity contribution in [1.82, 2.24) is 5.16 Å². The van der Waals surface area contributed by atoms with Gasteiger partial charge in [-0.3, -0.25) is 0 Å². The third kappa shape index (κ3) is 3.22. The number of ether oxygens (including phenoxy) is 1. The summed E-state index contributed by atoms with van der Waals surface area (Å²) in [6.07, 6.45) is 1.48. The van der Waals surface area contributed by atoms with Crippen molar-refractivity contribution in [2.75, 3.05) is 6.61 Å². The van der Waals surface area contributed by atoms with Gasteiger partial charge >= 0.3 is 5.97 Å². The highest BCUT2D eigenvalue weighted by molar-refractivity contribution is 5.91. The Kier molecular flexibility index (Phi) is 4.34. The van der Waals surface area contributed by atoms with Gasteiger partial charge in [0, 0.05) is 0 Å². The molecule has 2 rings (SSSR count). The first kappa shape index (κ1) is 13.3. The summed E-state index contributed by atoms with van der Waals surface area (Å²) in [6.45, 7) is 3.86. The van der Waals surface area contributed by atoms with E-state index in [0.29, 0.717) is 30.0 Å². The molecule has 0 fully saturated rings. The third-order valence-corrected chi connectivity index (χ3v) is 2.91. The number of nitrogens with zero attached hydrogens (tertiary/aromatic N) is 1. The van der Waals surface area contributed by atoms with Crippen molar-refractivity contribution in [1.29, 1.82) is 0 Å². The van der Waals surface area contributed by atoms with E-state index in [-0.39, 0.29) is 5.97 Å². The molecule has 0 aliphatic heterocycles. The summed E-state index contributed by atoms with van der Waals surface area (Å²) < 4.78 is 10.1. The standard InChI is InChI=1S/C15H17NO3/c1-3-18-15(17)14-11(2)19-16-13(14)10-9-12-7-5-4-6-8-12/h4-8H,3,9-10H2,1-2H3. The van der Waals surface area contributed by atoms with Gasteiger partial charge in [-0.05, 0) is 32.3 Å². The smallest absolute Gasteiger partial charge is 0.343 e. The van der Waals surface area contributed by atoms with E-state index in [9.17, 15) is 4.79 Å². The number of hydrogen-bond donors (Lipinski definition) is 0. The zero-order chi connectivity index (χ0) is 13.7. The molecule has 4 nitrogen and oxygen atoms in total. The van der Waals surface area contributed by atoms with E-state index in [1.54, 1.807) is 13.8 Å². The Morgan fingerprint density at radius 1 is 1.26 bits per heavy atom. The van der Waals surface area contributed by atoms with Crippen molar-refractivity contribution in [3.8, 4) is 0 Å². The molecule has 0 saturated heterocycles. The van der Waals surface area contributed by atoms with Gasteiger partial charge < -0.3 is 9.26 Å². The Bertz CT molecular complexity index is 546. The molecule has 0 radical (unpaired) electrons. The highest BCUT2D eigenvalue weighted by atomic mass is 16.5. The molecule has 0 unspecified atom stereocenters. The lowest BCUT2D eigenvalue weighted by Gasteiger charge is -2.03. The van der Waals surface area contributed by atoms with Crippen LogP contribution in [0.3, 0.4) is 0 Å². The number of carbonyl (C=O) groups is 1. The van der Waals surface area contributed by atoms with Crippen LogP contribution in [0.25, 0.3) is 0 Å². The van der Waals surface area contributed by atoms with E-state index in [1.807, 2.05) is 18.2 Å². The van der Waals surface area contributed by atoms with Crippen molar-refractivity contribution >= 4 is 5.97 Å². The van der Waals surface area contributed by atoms with E-state index in [1.165, 1.54) is 5.56 Å². The third-order valence-electron chi connectivity index (χ3n) is 2.91. The van der Waals surface area contributed by atoms with Crippen LogP contribution in [0, 0.1) is 6.92 Å². The first-order chi connectivity index (χ1) is 9.22. The number of aryl methyl sites for hydroxylation is 3. The monoisotopic (exact) mass is 259 g/mol. The second kappa shape index (κ2) is 6.18. The van der Waals surface area contributed by atoms with E-state index >= 15 is 0 Å². The Hall–Kier alpha value is -2.10. The fourth-order valence-electron chi connectivity index (χ4n) is 1.96. The first-order valence-corrected chi connectivity index (χ1v) is 6.38. The molecule has 1 aromatic heterocycles. The van der Waals surface area contributed by atoms with Gasteiger partial charge in [-0.2, -0.15) is 0 Å². The molecular formula is C15H17NO3. The van der Waals surface area contributed by atoms with Crippen LogP contribution < -0.4 is 0 Å². The van der Waals surface area contributed by atoms with E-state index in [2.05, 4.69) is 17.3 Å². The summed E-state index contributed by atoms with van der Waals surface area (Å²) in [4.78, 5) is 11.8. The van der Waals surface area contributed by atoms with E-state index in [4.69, 9.17) is 9.26 Å². The second-order valence-electron chi connectivity index (χ2n) is 4.27. The van der Waals surface area contributed by atoms with Crippen LogP contribution in [0.4, 0.5) is 0 Å². The molecular weight excluding hydrogens is 242 g/mol. The number of esters is 1. The maximum atomic E-state index is 11.8. The van der Waals surface area contributed by atoms with Gasteiger partial charge in [0.2, 0.25) is 0 Å². The van der Waals surface area contributed by atoms with Crippen LogP contribution in [0.5, 0.6) is 0 Å². The molecule has 0 bridgehead atoms. The number of aromatic nitrogens is 1. The Balaban J connectivity index is 2.11. The molecule has 1 aromatic carbocycles. The van der Waals surface area contributed by atoms with Crippen LogP contribution in [0.15, 0.2) is 34.9 Å². The quantitative estimate of drug-likeness (QED) is 0.775. The van der Waals surface area contributed by atoms with Gasteiger partial charge in [0.25, 0.3) is 0 Å². The Labute approximate surface area is 112 Å². The Morgan fingerprint density at radius 2 is 2.00 bits per heavy atom. The molecule has 0 aliphatic rings. The molecule has 1 heterocycles. The molecule has 0 aliphatic carbocycles. The summed E-state index contributed by atoms with van der Waals surface area (Å²) in [5.41, 5.74) is 2.34. The van der Waals surface area contributed by atoms with Crippen molar-refractivity contribution in [3.05, 3.63) is 52.9 Å². The van der Waals surface area contributed by atoms with Gasteiger partial charge in [-0.15, -0.1) is 0 Å². The first-order valence-electron chi connectivity index (χ1n) is 6.38. The summed E-state index contributed by atoms with van der Waals surface area (Å²) in [7, 11) is 0. The van der Waals surface area contributed by atoms with Crippen LogP contribution in [0.2, 0.25) is 0 Å². The highest BCUT2D eigenvalue weighted by Crippen LogP contribution is 2.17. The average Bonchev–Trinajstić information content (AvgIpc) is 2.79. The van der Waals surface area contributed by atoms with E-state index in [0.717, 1.165) is 6.42 Å². The molecule has 2 aromatic rings. The van der Waals surface area contributed by atoms with Gasteiger partial charge in [0.1, 0.15) is 11.3 Å². The second-order valence-corrected chi connectivity index (χ2v) is 4.27. The summed E-state index contributed by atoms with van der Waals surface area (Å²) in [5.74, 6) is 0.158. The van der Waals surface area contributed by atoms with Crippen molar-refractivity contribution in [3.63, 3.8) is 0 Å². The summed E-state index contributed by atoms with van der Waals surface area (Å²) >= 11 is 0. The maximum absolute atomic E-state index is 11.8. The normalized spacial score (nSPS) is 10.4. The van der Waals surface area contributed by atoms with Gasteiger partial charge in [-0.25, -0.2) is 4.79 Å². The van der Waals surface area contributed by atoms with Gasteiger partial charge in [0.15, 0.2) is 0 Å². The summed E-state index contributed by atoms with van der Waals surface area (Å²) in [5, 5.41) is 3.96. The molecule has 0 amide bonds. The average molecular weight is 259 g/mol. The number of rotatable bonds is 5. The Morgan fingerprint density at radius 3 is 2.68 bits per heavy atom. The molecule has 100 valence electrons. The van der Waals surface area contributed by atoms with Crippen molar-refractivity contribution in [2.24, 2.45) is 0 Å². The lowest BCUT2D eigenvalue weighted by molar-refractivity contribution is 0.0523. The van der Waals surface area contributed by atoms with Crippen LogP contribution >= 0.6 is 0 Å². The van der Waals surface area contributed by atoms with Crippen molar-refractivity contribution in [2.45, 2.75) is 26.7 Å². The number of carbonyl (C=O) groups excluding carboxylic acids is 1. The fraction of sp³-hybridized carbons (Fsp3) is 0.333. The van der Waals surface area contributed by atoms with Crippen molar-refractivity contribution < 1.29 is 14.1 Å². The minimum Gasteiger partial charge on any atom is -0.462 e. The minimum atomic E-state index is -0.357. The van der Waals surface area contributed by atoms with Gasteiger partial charge in [0.05, 0.1) is 12.3 Å². The zero-order valence-corrected chi connectivity index (χ0v) is 11.2. The molecule has 19 heavy (non-hydrogen) atoms. The SMILES string of the molecule is CCOC(=O)c1c(CCc2ccccc2)noc1C. The fourth-order valence-corrected chi connectivity index (χ4v) is 1.96. The highest BCUT2D eigenvalue weighted by Gasteiger charge is 2.20. The van der Waals surface area contributed by atoms with E-state index < -0.39 is 0 Å². The summed E-state index contributed by atoms with van der Waals surface area (Å²) in [6, 6.07) is 10.1.